The minimum atomic E-state index is -4.39. The first kappa shape index (κ1) is 25.2. The second kappa shape index (κ2) is 10.2. The molecule has 0 saturated heterocycles. The molecule has 0 aliphatic carbocycles. The molecule has 0 atom stereocenters. The van der Waals surface area contributed by atoms with E-state index < -0.39 is 11.7 Å². The van der Waals surface area contributed by atoms with Crippen LogP contribution in [0.5, 0.6) is 5.75 Å². The number of rotatable bonds is 8. The van der Waals surface area contributed by atoms with Gasteiger partial charge in [-0.15, -0.1) is 0 Å². The molecule has 2 aromatic carbocycles. The molecule has 0 radical (unpaired) electrons. The van der Waals surface area contributed by atoms with Crippen molar-refractivity contribution in [3.63, 3.8) is 0 Å². The number of aryl methyl sites for hydroxylation is 2. The number of hydrogen-bond acceptors (Lipinski definition) is 7. The van der Waals surface area contributed by atoms with Gasteiger partial charge in [0.2, 0.25) is 0 Å². The number of halogens is 3. The fraction of sp³-hybridized carbons (Fsp3) is 0.259. The summed E-state index contributed by atoms with van der Waals surface area (Å²) in [6, 6.07) is 12.9. The summed E-state index contributed by atoms with van der Waals surface area (Å²) in [4.78, 5) is 14.0. The standard InChI is InChI=1S/C27H25F3N6O2/c1-16-22(17(2)38-35-16)24-33-25(31-13-12-18-6-10-21(37-3)11-7-18)23-26(34-24)36(15-32-23)14-19-4-8-20(9-5-19)27(28,29)30/h4-11,15H,12-14H2,1-3H3,(H,31,33,34). The fourth-order valence-electron chi connectivity index (χ4n) is 4.21. The predicted molar refractivity (Wildman–Crippen MR) is 136 cm³/mol. The molecular weight excluding hydrogens is 497 g/mol. The van der Waals surface area contributed by atoms with Crippen LogP contribution in [0.1, 0.15) is 28.1 Å². The van der Waals surface area contributed by atoms with Gasteiger partial charge in [0.05, 0.1) is 36.8 Å². The number of anilines is 1. The van der Waals surface area contributed by atoms with Crippen molar-refractivity contribution in [3.05, 3.63) is 83.0 Å². The van der Waals surface area contributed by atoms with Crippen molar-refractivity contribution in [2.75, 3.05) is 19.0 Å². The summed E-state index contributed by atoms with van der Waals surface area (Å²) in [5.41, 5.74) is 3.56. The molecule has 0 unspecified atom stereocenters. The van der Waals surface area contributed by atoms with Crippen molar-refractivity contribution < 1.29 is 22.4 Å². The lowest BCUT2D eigenvalue weighted by Gasteiger charge is -2.11. The van der Waals surface area contributed by atoms with Crippen molar-refractivity contribution >= 4 is 17.0 Å². The lowest BCUT2D eigenvalue weighted by Crippen LogP contribution is -2.09. The largest absolute Gasteiger partial charge is 0.497 e. The van der Waals surface area contributed by atoms with Crippen LogP contribution in [0.2, 0.25) is 0 Å². The molecule has 5 rings (SSSR count). The Morgan fingerprint density at radius 1 is 0.974 bits per heavy atom. The van der Waals surface area contributed by atoms with Gasteiger partial charge in [-0.3, -0.25) is 0 Å². The maximum absolute atomic E-state index is 13.0. The molecule has 11 heteroatoms. The van der Waals surface area contributed by atoms with Gasteiger partial charge in [-0.25, -0.2) is 15.0 Å². The molecule has 0 aliphatic heterocycles. The van der Waals surface area contributed by atoms with E-state index in [1.165, 1.54) is 12.1 Å². The van der Waals surface area contributed by atoms with Gasteiger partial charge in [-0.2, -0.15) is 13.2 Å². The average molecular weight is 523 g/mol. The van der Waals surface area contributed by atoms with E-state index in [-0.39, 0.29) is 6.54 Å². The van der Waals surface area contributed by atoms with Crippen LogP contribution in [-0.2, 0) is 19.1 Å². The Morgan fingerprint density at radius 3 is 2.32 bits per heavy atom. The quantitative estimate of drug-likeness (QED) is 0.274. The first-order valence-corrected chi connectivity index (χ1v) is 11.9. The Balaban J connectivity index is 1.47. The maximum atomic E-state index is 13.0. The van der Waals surface area contributed by atoms with Crippen LogP contribution in [0.15, 0.2) is 59.4 Å². The highest BCUT2D eigenvalue weighted by molar-refractivity contribution is 5.85. The SMILES string of the molecule is COc1ccc(CCNc2nc(-c3c(C)noc3C)nc3c2ncn3Cc2ccc(C(F)(F)F)cc2)cc1. The summed E-state index contributed by atoms with van der Waals surface area (Å²) in [6.07, 6.45) is -2.03. The second-order valence-electron chi connectivity index (χ2n) is 8.86. The Hall–Kier alpha value is -4.41. The van der Waals surface area contributed by atoms with Crippen LogP contribution in [0.3, 0.4) is 0 Å². The number of fused-ring (bicyclic) bond motifs is 1. The zero-order chi connectivity index (χ0) is 26.9. The van der Waals surface area contributed by atoms with E-state index in [0.717, 1.165) is 29.9 Å². The number of imidazole rings is 1. The number of nitrogens with zero attached hydrogens (tertiary/aromatic N) is 5. The molecule has 1 N–H and O–H groups in total. The highest BCUT2D eigenvalue weighted by Gasteiger charge is 2.30. The number of benzene rings is 2. The lowest BCUT2D eigenvalue weighted by molar-refractivity contribution is -0.137. The van der Waals surface area contributed by atoms with Gasteiger partial charge in [0, 0.05) is 6.54 Å². The van der Waals surface area contributed by atoms with Gasteiger partial charge in [0.25, 0.3) is 0 Å². The van der Waals surface area contributed by atoms with Crippen LogP contribution in [-0.4, -0.2) is 38.3 Å². The summed E-state index contributed by atoms with van der Waals surface area (Å²) in [5.74, 6) is 2.35. The first-order chi connectivity index (χ1) is 18.2. The van der Waals surface area contributed by atoms with Gasteiger partial charge in [-0.05, 0) is 55.7 Å². The van der Waals surface area contributed by atoms with Gasteiger partial charge in [0.1, 0.15) is 17.0 Å². The Kier molecular flexibility index (Phi) is 6.75. The molecule has 196 valence electrons. The van der Waals surface area contributed by atoms with E-state index in [9.17, 15) is 13.2 Å². The van der Waals surface area contributed by atoms with Crippen LogP contribution in [0.4, 0.5) is 19.0 Å². The van der Waals surface area contributed by atoms with Crippen LogP contribution in [0, 0.1) is 13.8 Å². The van der Waals surface area contributed by atoms with E-state index in [2.05, 4.69) is 15.5 Å². The highest BCUT2D eigenvalue weighted by atomic mass is 19.4. The smallest absolute Gasteiger partial charge is 0.416 e. The van der Waals surface area contributed by atoms with Gasteiger partial charge in [-0.1, -0.05) is 29.4 Å². The number of nitrogens with one attached hydrogen (secondary N) is 1. The molecule has 0 amide bonds. The Labute approximate surface area is 216 Å². The van der Waals surface area contributed by atoms with Crippen LogP contribution in [0.25, 0.3) is 22.6 Å². The third-order valence-corrected chi connectivity index (χ3v) is 6.22. The highest BCUT2D eigenvalue weighted by Crippen LogP contribution is 2.31. The number of aromatic nitrogens is 5. The molecule has 3 heterocycles. The van der Waals surface area contributed by atoms with E-state index in [0.29, 0.717) is 51.9 Å². The predicted octanol–water partition coefficient (Wildman–Crippen LogP) is 5.83. The molecule has 0 spiro atoms. The summed E-state index contributed by atoms with van der Waals surface area (Å²) in [7, 11) is 1.63. The van der Waals surface area contributed by atoms with Crippen molar-refractivity contribution in [2.45, 2.75) is 33.0 Å². The Morgan fingerprint density at radius 2 is 1.68 bits per heavy atom. The minimum Gasteiger partial charge on any atom is -0.497 e. The third-order valence-electron chi connectivity index (χ3n) is 6.22. The summed E-state index contributed by atoms with van der Waals surface area (Å²) >= 11 is 0. The van der Waals surface area contributed by atoms with E-state index in [4.69, 9.17) is 19.2 Å². The van der Waals surface area contributed by atoms with Gasteiger partial charge in [0.15, 0.2) is 17.3 Å². The lowest BCUT2D eigenvalue weighted by atomic mass is 10.1. The van der Waals surface area contributed by atoms with E-state index >= 15 is 0 Å². The van der Waals surface area contributed by atoms with E-state index in [1.54, 1.807) is 24.9 Å². The molecular formula is C27H25F3N6O2. The number of methoxy groups -OCH3 is 1. The number of hydrogen-bond donors (Lipinski definition) is 1. The van der Waals surface area contributed by atoms with Crippen molar-refractivity contribution in [3.8, 4) is 17.1 Å². The topological polar surface area (TPSA) is 90.9 Å². The summed E-state index contributed by atoms with van der Waals surface area (Å²) < 4.78 is 51.3. The monoisotopic (exact) mass is 522 g/mol. The number of ether oxygens (including phenoxy) is 1. The van der Waals surface area contributed by atoms with Crippen LogP contribution >= 0.6 is 0 Å². The van der Waals surface area contributed by atoms with Crippen molar-refractivity contribution in [2.24, 2.45) is 0 Å². The molecule has 0 aliphatic rings. The number of alkyl halides is 3. The molecule has 8 nitrogen and oxygen atoms in total. The van der Waals surface area contributed by atoms with Crippen molar-refractivity contribution in [1.29, 1.82) is 0 Å². The first-order valence-electron chi connectivity index (χ1n) is 11.9. The third kappa shape index (κ3) is 5.17. The van der Waals surface area contributed by atoms with E-state index in [1.807, 2.05) is 31.2 Å². The van der Waals surface area contributed by atoms with Gasteiger partial charge < -0.3 is 19.1 Å². The molecule has 3 aromatic heterocycles. The van der Waals surface area contributed by atoms with Crippen molar-refractivity contribution in [1.82, 2.24) is 24.7 Å². The zero-order valence-corrected chi connectivity index (χ0v) is 21.0. The summed E-state index contributed by atoms with van der Waals surface area (Å²) in [6.45, 7) is 4.48. The summed E-state index contributed by atoms with van der Waals surface area (Å²) in [5, 5.41) is 7.40. The van der Waals surface area contributed by atoms with Crippen LogP contribution < -0.4 is 10.1 Å². The molecule has 0 fully saturated rings. The molecule has 38 heavy (non-hydrogen) atoms. The minimum absolute atomic E-state index is 0.290. The molecule has 0 bridgehead atoms. The maximum Gasteiger partial charge on any atom is 0.416 e. The fourth-order valence-corrected chi connectivity index (χ4v) is 4.21. The molecule has 5 aromatic rings. The average Bonchev–Trinajstić information content (AvgIpc) is 3.46. The second-order valence-corrected chi connectivity index (χ2v) is 8.86. The normalized spacial score (nSPS) is 11.7. The zero-order valence-electron chi connectivity index (χ0n) is 21.0. The van der Waals surface area contributed by atoms with Gasteiger partial charge >= 0.3 is 6.18 Å². The molecule has 0 saturated carbocycles. The Bertz CT molecular complexity index is 1540.